The second-order valence-electron chi connectivity index (χ2n) is 9.26. The summed E-state index contributed by atoms with van der Waals surface area (Å²) < 4.78 is 9.30. The molecule has 0 aliphatic carbocycles. The van der Waals surface area contributed by atoms with Gasteiger partial charge in [-0.2, -0.15) is 0 Å². The molecule has 0 radical (unpaired) electrons. The number of para-hydroxylation sites is 1. The van der Waals surface area contributed by atoms with E-state index in [4.69, 9.17) is 10.5 Å². The minimum Gasteiger partial charge on any atom is -0.457 e. The summed E-state index contributed by atoms with van der Waals surface area (Å²) in [5, 5.41) is 0. The number of nitrogens with two attached hydrogens (primary N) is 1. The zero-order valence-corrected chi connectivity index (χ0v) is 20.6. The molecule has 2 N–H and O–H groups in total. The minimum absolute atomic E-state index is 0.0125. The highest BCUT2D eigenvalue weighted by Gasteiger charge is 2.29. The quantitative estimate of drug-likeness (QED) is 0.383. The number of likely N-dealkylation sites (N-methyl/N-ethyl adjacent to an activating group) is 1. The Bertz CT molecular complexity index is 1410. The molecule has 0 bridgehead atoms. The highest BCUT2D eigenvalue weighted by atomic mass is 16.5. The van der Waals surface area contributed by atoms with Crippen molar-refractivity contribution in [2.45, 2.75) is 12.5 Å². The molecule has 3 heterocycles. The Morgan fingerprint density at radius 1 is 1.06 bits per heavy atom. The van der Waals surface area contributed by atoms with Crippen LogP contribution < -0.4 is 16.2 Å². The summed E-state index contributed by atoms with van der Waals surface area (Å²) in [4.78, 5) is 26.9. The molecule has 36 heavy (non-hydrogen) atoms. The first-order chi connectivity index (χ1) is 17.5. The molecule has 5 rings (SSSR count). The number of ether oxygens (including phenoxy) is 1. The van der Waals surface area contributed by atoms with Crippen LogP contribution in [0.15, 0.2) is 77.9 Å². The molecule has 0 amide bonds. The zero-order chi connectivity index (χ0) is 25.1. The molecule has 1 saturated heterocycles. The Balaban J connectivity index is 1.44. The Morgan fingerprint density at radius 3 is 2.56 bits per heavy atom. The Kier molecular flexibility index (Phi) is 6.84. The summed E-state index contributed by atoms with van der Waals surface area (Å²) >= 11 is 0. The lowest BCUT2D eigenvalue weighted by Gasteiger charge is -2.14. The molecule has 1 fully saturated rings. The fraction of sp³-hybridized carbons (Fsp3) is 0.296. The van der Waals surface area contributed by atoms with Crippen molar-refractivity contribution in [1.82, 2.24) is 28.9 Å². The van der Waals surface area contributed by atoms with Gasteiger partial charge in [-0.25, -0.2) is 14.8 Å². The number of hydrogen-bond donors (Lipinski definition) is 1. The van der Waals surface area contributed by atoms with Crippen LogP contribution in [0.4, 0.5) is 5.82 Å². The standard InChI is InChI=1S/C27H31N7O2/c1-31(2)15-6-7-16-32-17-14-21(18-32)34-26-24(25(28)29-19-30-26)33(27(34)35)20-10-12-23(13-11-20)36-22-8-4-3-5-9-22/h3-13,19,21H,14-18H2,1-2H3,(H2,28,29,30)/b7-6+/t21-/m0/s1. The van der Waals surface area contributed by atoms with E-state index in [1.807, 2.05) is 54.6 Å². The van der Waals surface area contributed by atoms with Gasteiger partial charge in [0, 0.05) is 26.2 Å². The van der Waals surface area contributed by atoms with Crippen molar-refractivity contribution in [3.63, 3.8) is 0 Å². The van der Waals surface area contributed by atoms with Crippen LogP contribution in [0, 0.1) is 0 Å². The highest BCUT2D eigenvalue weighted by Crippen LogP contribution is 2.28. The second-order valence-corrected chi connectivity index (χ2v) is 9.26. The number of fused-ring (bicyclic) bond motifs is 1. The Hall–Kier alpha value is -3.95. The van der Waals surface area contributed by atoms with Crippen molar-refractivity contribution < 1.29 is 4.74 Å². The van der Waals surface area contributed by atoms with Gasteiger partial charge in [0.2, 0.25) is 0 Å². The van der Waals surface area contributed by atoms with Crippen LogP contribution in [0.3, 0.4) is 0 Å². The van der Waals surface area contributed by atoms with Crippen molar-refractivity contribution in [2.24, 2.45) is 0 Å². The number of anilines is 1. The molecule has 1 aliphatic rings. The van der Waals surface area contributed by atoms with Crippen LogP contribution in [0.1, 0.15) is 12.5 Å². The third-order valence-corrected chi connectivity index (χ3v) is 6.37. The summed E-state index contributed by atoms with van der Waals surface area (Å²) in [6, 6.07) is 17.0. The van der Waals surface area contributed by atoms with Crippen LogP contribution in [0.2, 0.25) is 0 Å². The van der Waals surface area contributed by atoms with Gasteiger partial charge in [-0.05, 0) is 56.9 Å². The van der Waals surface area contributed by atoms with Gasteiger partial charge in [-0.1, -0.05) is 30.4 Å². The highest BCUT2D eigenvalue weighted by molar-refractivity contribution is 5.84. The molecule has 1 atom stereocenters. The van der Waals surface area contributed by atoms with E-state index < -0.39 is 0 Å². The van der Waals surface area contributed by atoms with Crippen molar-refractivity contribution in [1.29, 1.82) is 0 Å². The van der Waals surface area contributed by atoms with E-state index in [1.165, 1.54) is 6.33 Å². The molecule has 9 heteroatoms. The molecule has 0 spiro atoms. The third kappa shape index (κ3) is 4.89. The molecule has 186 valence electrons. The van der Waals surface area contributed by atoms with E-state index in [0.29, 0.717) is 22.6 Å². The first-order valence-electron chi connectivity index (χ1n) is 12.1. The maximum absolute atomic E-state index is 13.8. The number of benzene rings is 2. The maximum Gasteiger partial charge on any atom is 0.335 e. The van der Waals surface area contributed by atoms with Crippen LogP contribution in [0.25, 0.3) is 16.9 Å². The van der Waals surface area contributed by atoms with Crippen molar-refractivity contribution in [3.05, 3.63) is 83.6 Å². The van der Waals surface area contributed by atoms with Gasteiger partial charge >= 0.3 is 5.69 Å². The SMILES string of the molecule is CN(C)C/C=C/CN1CC[C@H](n2c(=O)n(-c3ccc(Oc4ccccc4)cc3)c3c(N)ncnc32)C1. The number of hydrogen-bond acceptors (Lipinski definition) is 7. The van der Waals surface area contributed by atoms with E-state index in [0.717, 1.165) is 38.3 Å². The van der Waals surface area contributed by atoms with Crippen LogP contribution in [-0.4, -0.2) is 69.2 Å². The molecule has 1 aliphatic heterocycles. The smallest absolute Gasteiger partial charge is 0.335 e. The molecule has 2 aromatic heterocycles. The summed E-state index contributed by atoms with van der Waals surface area (Å²) in [6.07, 6.45) is 6.65. The summed E-state index contributed by atoms with van der Waals surface area (Å²) in [7, 11) is 4.10. The van der Waals surface area contributed by atoms with Gasteiger partial charge in [0.1, 0.15) is 23.3 Å². The average molecular weight is 486 g/mol. The average Bonchev–Trinajstić information content (AvgIpc) is 3.45. The topological polar surface area (TPSA) is 94.4 Å². The van der Waals surface area contributed by atoms with Gasteiger partial charge in [-0.3, -0.25) is 14.0 Å². The van der Waals surface area contributed by atoms with E-state index in [9.17, 15) is 4.79 Å². The number of likely N-dealkylation sites (tertiary alicyclic amines) is 1. The number of nitrogen functional groups attached to an aromatic ring is 1. The number of imidazole rings is 1. The van der Waals surface area contributed by atoms with Gasteiger partial charge in [0.25, 0.3) is 0 Å². The van der Waals surface area contributed by atoms with Crippen LogP contribution in [0.5, 0.6) is 11.5 Å². The van der Waals surface area contributed by atoms with Crippen molar-refractivity contribution >= 4 is 17.0 Å². The molecule has 0 saturated carbocycles. The summed E-state index contributed by atoms with van der Waals surface area (Å²) in [5.74, 6) is 1.71. The molecule has 9 nitrogen and oxygen atoms in total. The van der Waals surface area contributed by atoms with Gasteiger partial charge in [0.15, 0.2) is 11.5 Å². The number of nitrogens with zero attached hydrogens (tertiary/aromatic N) is 6. The van der Waals surface area contributed by atoms with Crippen LogP contribution in [-0.2, 0) is 0 Å². The predicted octanol–water partition coefficient (Wildman–Crippen LogP) is 3.32. The van der Waals surface area contributed by atoms with E-state index in [2.05, 4.69) is 46.0 Å². The van der Waals surface area contributed by atoms with Gasteiger partial charge in [0.05, 0.1) is 11.7 Å². The first kappa shape index (κ1) is 23.8. The summed E-state index contributed by atoms with van der Waals surface area (Å²) in [5.41, 5.74) is 7.89. The second kappa shape index (κ2) is 10.3. The largest absolute Gasteiger partial charge is 0.457 e. The fourth-order valence-electron chi connectivity index (χ4n) is 4.62. The van der Waals surface area contributed by atoms with E-state index >= 15 is 0 Å². The molecular formula is C27H31N7O2. The minimum atomic E-state index is -0.163. The maximum atomic E-state index is 13.8. The van der Waals surface area contributed by atoms with E-state index in [1.54, 1.807) is 9.13 Å². The normalized spacial score (nSPS) is 16.5. The zero-order valence-electron chi connectivity index (χ0n) is 20.6. The van der Waals surface area contributed by atoms with Crippen molar-refractivity contribution in [2.75, 3.05) is 46.0 Å². The Labute approximate surface area is 210 Å². The number of aromatic nitrogens is 4. The van der Waals surface area contributed by atoms with Crippen molar-refractivity contribution in [3.8, 4) is 17.2 Å². The van der Waals surface area contributed by atoms with E-state index in [-0.39, 0.29) is 17.5 Å². The molecule has 4 aromatic rings. The number of rotatable bonds is 8. The molecule has 2 aromatic carbocycles. The predicted molar refractivity (Wildman–Crippen MR) is 142 cm³/mol. The lowest BCUT2D eigenvalue weighted by molar-refractivity contribution is 0.356. The third-order valence-electron chi connectivity index (χ3n) is 6.37. The fourth-order valence-corrected chi connectivity index (χ4v) is 4.62. The summed E-state index contributed by atoms with van der Waals surface area (Å²) in [6.45, 7) is 3.47. The van der Waals surface area contributed by atoms with Crippen LogP contribution >= 0.6 is 0 Å². The lowest BCUT2D eigenvalue weighted by atomic mass is 10.2. The van der Waals surface area contributed by atoms with Gasteiger partial charge < -0.3 is 15.4 Å². The monoisotopic (exact) mass is 485 g/mol. The lowest BCUT2D eigenvalue weighted by Crippen LogP contribution is -2.29. The first-order valence-corrected chi connectivity index (χ1v) is 12.1. The Morgan fingerprint density at radius 2 is 1.81 bits per heavy atom. The molecule has 0 unspecified atom stereocenters. The van der Waals surface area contributed by atoms with Gasteiger partial charge in [-0.15, -0.1) is 0 Å². The molecular weight excluding hydrogens is 454 g/mol.